The fourth-order valence-corrected chi connectivity index (χ4v) is 5.90. The van der Waals surface area contributed by atoms with Crippen molar-refractivity contribution in [1.29, 1.82) is 0 Å². The predicted octanol–water partition coefficient (Wildman–Crippen LogP) is 4.40. The molecule has 2 aromatic heterocycles. The molecule has 36 heavy (non-hydrogen) atoms. The van der Waals surface area contributed by atoms with Crippen molar-refractivity contribution in [2.75, 3.05) is 13.2 Å². The van der Waals surface area contributed by atoms with Gasteiger partial charge in [-0.3, -0.25) is 9.36 Å². The maximum atomic E-state index is 13.7. The van der Waals surface area contributed by atoms with Gasteiger partial charge >= 0.3 is 5.97 Å². The molecule has 0 saturated carbocycles. The van der Waals surface area contributed by atoms with Crippen LogP contribution in [0, 0.1) is 0 Å². The lowest BCUT2D eigenvalue weighted by molar-refractivity contribution is -0.138. The third-order valence-electron chi connectivity index (χ3n) is 5.70. The number of aromatic nitrogens is 1. The average Bonchev–Trinajstić information content (AvgIpc) is 3.52. The molecule has 6 nitrogen and oxygen atoms in total. The summed E-state index contributed by atoms with van der Waals surface area (Å²) in [5.41, 5.74) is 2.21. The zero-order chi connectivity index (χ0) is 25.1. The van der Waals surface area contributed by atoms with E-state index in [0.717, 1.165) is 21.8 Å². The van der Waals surface area contributed by atoms with E-state index in [0.29, 0.717) is 27.2 Å². The van der Waals surface area contributed by atoms with Crippen molar-refractivity contribution in [3.8, 4) is 5.75 Å². The summed E-state index contributed by atoms with van der Waals surface area (Å²) in [6, 6.07) is 20.2. The number of rotatable bonds is 7. The molecule has 0 N–H and O–H groups in total. The number of thiazole rings is 1. The minimum absolute atomic E-state index is 0.194. The molecule has 0 radical (unpaired) electrons. The minimum atomic E-state index is -0.698. The number of ether oxygens (including phenoxy) is 2. The summed E-state index contributed by atoms with van der Waals surface area (Å²) < 4.78 is 13.3. The Kier molecular flexibility index (Phi) is 6.97. The molecule has 0 unspecified atom stereocenters. The summed E-state index contributed by atoms with van der Waals surface area (Å²) >= 11 is 2.88. The van der Waals surface area contributed by atoms with Gasteiger partial charge in [0.25, 0.3) is 5.56 Å². The molecule has 182 valence electrons. The first kappa shape index (κ1) is 24.0. The van der Waals surface area contributed by atoms with Crippen LogP contribution >= 0.6 is 22.7 Å². The van der Waals surface area contributed by atoms with Gasteiger partial charge in [-0.2, -0.15) is 0 Å². The van der Waals surface area contributed by atoms with Gasteiger partial charge in [0.1, 0.15) is 5.75 Å². The Balaban J connectivity index is 1.80. The zero-order valence-electron chi connectivity index (χ0n) is 19.8. The number of hydrogen-bond acceptors (Lipinski definition) is 7. The van der Waals surface area contributed by atoms with E-state index >= 15 is 0 Å². The molecular weight excluding hydrogens is 492 g/mol. The van der Waals surface area contributed by atoms with Crippen molar-refractivity contribution in [2.24, 2.45) is 4.99 Å². The summed E-state index contributed by atoms with van der Waals surface area (Å²) in [6.07, 6.45) is 1.87. The van der Waals surface area contributed by atoms with Gasteiger partial charge < -0.3 is 9.47 Å². The van der Waals surface area contributed by atoms with Gasteiger partial charge in [0, 0.05) is 10.4 Å². The first-order valence-electron chi connectivity index (χ1n) is 11.7. The lowest BCUT2D eigenvalue weighted by Gasteiger charge is -2.26. The van der Waals surface area contributed by atoms with Gasteiger partial charge in [0.2, 0.25) is 0 Å². The number of nitrogens with zero attached hydrogens (tertiary/aromatic N) is 2. The number of fused-ring (bicyclic) bond motifs is 1. The molecule has 1 aliphatic heterocycles. The molecule has 5 rings (SSSR count). The highest BCUT2D eigenvalue weighted by Gasteiger charge is 2.35. The normalized spacial score (nSPS) is 15.4. The van der Waals surface area contributed by atoms with Crippen molar-refractivity contribution in [3.63, 3.8) is 0 Å². The first-order chi connectivity index (χ1) is 17.6. The van der Waals surface area contributed by atoms with Crippen LogP contribution in [-0.4, -0.2) is 23.8 Å². The van der Waals surface area contributed by atoms with Crippen LogP contribution in [0.1, 0.15) is 35.9 Å². The molecule has 1 atom stereocenters. The molecule has 2 aromatic carbocycles. The second-order valence-corrected chi connectivity index (χ2v) is 9.94. The Bertz CT molecular complexity index is 1580. The van der Waals surface area contributed by atoms with Crippen molar-refractivity contribution in [3.05, 3.63) is 113 Å². The van der Waals surface area contributed by atoms with Crippen molar-refractivity contribution < 1.29 is 14.3 Å². The zero-order valence-corrected chi connectivity index (χ0v) is 21.5. The van der Waals surface area contributed by atoms with Gasteiger partial charge in [0.15, 0.2) is 4.80 Å². The number of hydrogen-bond donors (Lipinski definition) is 0. The van der Waals surface area contributed by atoms with E-state index in [2.05, 4.69) is 0 Å². The van der Waals surface area contributed by atoms with E-state index in [4.69, 9.17) is 14.5 Å². The molecule has 3 heterocycles. The molecule has 0 bridgehead atoms. The van der Waals surface area contributed by atoms with E-state index in [1.54, 1.807) is 22.8 Å². The Hall–Kier alpha value is -3.75. The fraction of sp³-hybridized carbons (Fsp3) is 0.179. The Morgan fingerprint density at radius 3 is 2.47 bits per heavy atom. The van der Waals surface area contributed by atoms with E-state index in [9.17, 15) is 9.59 Å². The highest BCUT2D eigenvalue weighted by atomic mass is 32.1. The van der Waals surface area contributed by atoms with E-state index in [1.165, 1.54) is 11.3 Å². The molecule has 0 amide bonds. The van der Waals surface area contributed by atoms with E-state index < -0.39 is 12.0 Å². The quantitative estimate of drug-likeness (QED) is 0.342. The number of carbonyl (C=O) groups is 1. The Morgan fingerprint density at radius 1 is 1.03 bits per heavy atom. The third kappa shape index (κ3) is 4.57. The second kappa shape index (κ2) is 10.5. The summed E-state index contributed by atoms with van der Waals surface area (Å²) in [5.74, 6) is 0.225. The molecule has 4 aromatic rings. The average molecular weight is 517 g/mol. The van der Waals surface area contributed by atoms with Crippen LogP contribution in [0.25, 0.3) is 11.8 Å². The van der Waals surface area contributed by atoms with Gasteiger partial charge in [0.05, 0.1) is 35.1 Å². The lowest BCUT2D eigenvalue weighted by Crippen LogP contribution is -2.39. The molecule has 1 aliphatic rings. The van der Waals surface area contributed by atoms with Crippen molar-refractivity contribution in [2.45, 2.75) is 19.9 Å². The van der Waals surface area contributed by atoms with Gasteiger partial charge in [-0.15, -0.1) is 11.3 Å². The molecule has 0 saturated heterocycles. The molecule has 8 heteroatoms. The number of benzene rings is 2. The lowest BCUT2D eigenvalue weighted by atomic mass is 9.93. The Morgan fingerprint density at radius 2 is 1.81 bits per heavy atom. The molecule has 0 aliphatic carbocycles. The highest BCUT2D eigenvalue weighted by Crippen LogP contribution is 2.35. The SMILES string of the molecule is CCOC(=O)C1=C(c2ccccc2)N=c2sc(=Cc3cccs3)c(=O)n2[C@@H]1c1ccc(OCC)cc1. The van der Waals surface area contributed by atoms with Crippen LogP contribution in [0.2, 0.25) is 0 Å². The van der Waals surface area contributed by atoms with Crippen molar-refractivity contribution >= 4 is 40.4 Å². The predicted molar refractivity (Wildman–Crippen MR) is 143 cm³/mol. The van der Waals surface area contributed by atoms with Crippen LogP contribution in [0.4, 0.5) is 0 Å². The van der Waals surface area contributed by atoms with E-state index in [-0.39, 0.29) is 12.2 Å². The summed E-state index contributed by atoms with van der Waals surface area (Å²) in [5, 5.41) is 1.97. The van der Waals surface area contributed by atoms with Crippen LogP contribution in [-0.2, 0) is 9.53 Å². The Labute approximate surface area is 216 Å². The standard InChI is InChI=1S/C28H24N2O4S2/c1-3-33-20-14-12-19(13-15-20)25-23(27(32)34-4-2)24(18-9-6-5-7-10-18)29-28-30(25)26(31)22(36-28)17-21-11-8-16-35-21/h5-17,25H,3-4H2,1-2H3/t25-/m1/s1. The number of thiophene rings is 1. The van der Waals surface area contributed by atoms with Crippen LogP contribution in [0.15, 0.2) is 87.5 Å². The highest BCUT2D eigenvalue weighted by molar-refractivity contribution is 7.11. The minimum Gasteiger partial charge on any atom is -0.494 e. The molecule has 0 spiro atoms. The maximum absolute atomic E-state index is 13.7. The number of carbonyl (C=O) groups excluding carboxylic acids is 1. The monoisotopic (exact) mass is 516 g/mol. The van der Waals surface area contributed by atoms with Gasteiger partial charge in [-0.25, -0.2) is 9.79 Å². The largest absolute Gasteiger partial charge is 0.494 e. The molecular formula is C28H24N2O4S2. The van der Waals surface area contributed by atoms with E-state index in [1.807, 2.05) is 85.1 Å². The van der Waals surface area contributed by atoms with Gasteiger partial charge in [-0.1, -0.05) is 59.9 Å². The fourth-order valence-electron chi connectivity index (χ4n) is 4.17. The topological polar surface area (TPSA) is 69.9 Å². The third-order valence-corrected chi connectivity index (χ3v) is 7.50. The maximum Gasteiger partial charge on any atom is 0.338 e. The van der Waals surface area contributed by atoms with Crippen LogP contribution < -0.4 is 19.6 Å². The molecule has 0 fully saturated rings. The number of esters is 1. The summed E-state index contributed by atoms with van der Waals surface area (Å²) in [6.45, 7) is 4.45. The van der Waals surface area contributed by atoms with Crippen LogP contribution in [0.5, 0.6) is 5.75 Å². The van der Waals surface area contributed by atoms with Gasteiger partial charge in [-0.05, 0) is 49.1 Å². The first-order valence-corrected chi connectivity index (χ1v) is 13.3. The summed E-state index contributed by atoms with van der Waals surface area (Å²) in [7, 11) is 0. The smallest absolute Gasteiger partial charge is 0.338 e. The summed E-state index contributed by atoms with van der Waals surface area (Å²) in [4.78, 5) is 33.6. The van der Waals surface area contributed by atoms with Crippen LogP contribution in [0.3, 0.4) is 0 Å². The van der Waals surface area contributed by atoms with Crippen molar-refractivity contribution in [1.82, 2.24) is 4.57 Å². The second-order valence-electron chi connectivity index (χ2n) is 7.95.